The Morgan fingerprint density at radius 3 is 0.854 bits per heavy atom. The molecule has 7 heteroatoms. The monoisotopic (exact) mass is 660 g/mol. The molecule has 0 aromatic heterocycles. The van der Waals surface area contributed by atoms with Crippen molar-refractivity contribution in [1.82, 2.24) is 19.6 Å². The van der Waals surface area contributed by atoms with Crippen LogP contribution in [0.25, 0.3) is 0 Å². The fourth-order valence-corrected chi connectivity index (χ4v) is 9.71. The van der Waals surface area contributed by atoms with Gasteiger partial charge in [-0.1, -0.05) is 121 Å². The second kappa shape index (κ2) is 14.8. The van der Waals surface area contributed by atoms with Crippen LogP contribution in [-0.2, 0) is 21.1 Å². The standard InChI is InChI=1S/2C17H18N2P.Mo/c2*1-18-13-17(19(2)14-18)20(15-9-5-3-6-10-15)16-11-7-4-8-12-16;/h2*3-14H,1-2H3;/q2*-1;+2. The van der Waals surface area contributed by atoms with Gasteiger partial charge in [0.2, 0.25) is 0 Å². The van der Waals surface area contributed by atoms with Crippen LogP contribution in [0.2, 0.25) is 0 Å². The molecule has 0 amide bonds. The fraction of sp³-hybridized carbons (Fsp3) is 0.118. The average molecular weight is 659 g/mol. The minimum absolute atomic E-state index is 0. The third-order valence-electron chi connectivity index (χ3n) is 6.59. The molecule has 0 unspecified atom stereocenters. The average Bonchev–Trinajstić information content (AvgIpc) is 3.50. The number of nitrogens with zero attached hydrogens (tertiary/aromatic N) is 4. The molecule has 0 aliphatic carbocycles. The molecule has 0 saturated heterocycles. The van der Waals surface area contributed by atoms with Gasteiger partial charge in [0.25, 0.3) is 0 Å². The minimum atomic E-state index is -0.504. The van der Waals surface area contributed by atoms with Crippen LogP contribution >= 0.6 is 15.8 Å². The molecule has 6 rings (SSSR count). The van der Waals surface area contributed by atoms with E-state index in [0.717, 1.165) is 0 Å². The summed E-state index contributed by atoms with van der Waals surface area (Å²) in [6.07, 6.45) is 4.46. The van der Waals surface area contributed by atoms with Gasteiger partial charge in [-0.25, -0.2) is 0 Å². The van der Waals surface area contributed by atoms with Gasteiger partial charge in [-0.05, 0) is 61.8 Å². The van der Waals surface area contributed by atoms with Crippen LogP contribution in [0.15, 0.2) is 145 Å². The first-order valence-electron chi connectivity index (χ1n) is 13.3. The van der Waals surface area contributed by atoms with E-state index in [0.29, 0.717) is 0 Å². The Balaban J connectivity index is 0.000000184. The Hall–Kier alpha value is -2.89. The van der Waals surface area contributed by atoms with Crippen molar-refractivity contribution >= 4 is 37.1 Å². The summed E-state index contributed by atoms with van der Waals surface area (Å²) in [5.41, 5.74) is 2.72. The first-order valence-corrected chi connectivity index (χ1v) is 16.0. The zero-order valence-corrected chi connectivity index (χ0v) is 27.7. The molecule has 0 N–H and O–H groups in total. The second-order valence-corrected chi connectivity index (χ2v) is 14.1. The van der Waals surface area contributed by atoms with Crippen LogP contribution in [0, 0.1) is 13.3 Å². The summed E-state index contributed by atoms with van der Waals surface area (Å²) >= 11 is 0. The van der Waals surface area contributed by atoms with Gasteiger partial charge in [0, 0.05) is 26.7 Å². The zero-order chi connectivity index (χ0) is 27.9. The molecule has 0 saturated carbocycles. The fourth-order valence-electron chi connectivity index (χ4n) is 4.84. The molecule has 41 heavy (non-hydrogen) atoms. The van der Waals surface area contributed by atoms with Crippen LogP contribution in [0.4, 0.5) is 0 Å². The van der Waals surface area contributed by atoms with Crippen molar-refractivity contribution in [3.8, 4) is 0 Å². The van der Waals surface area contributed by atoms with Crippen molar-refractivity contribution in [2.75, 3.05) is 28.2 Å². The summed E-state index contributed by atoms with van der Waals surface area (Å²) in [5.74, 6) is 0. The van der Waals surface area contributed by atoms with Crippen molar-refractivity contribution in [2.45, 2.75) is 0 Å². The number of benzene rings is 4. The number of hydrogen-bond donors (Lipinski definition) is 0. The number of rotatable bonds is 6. The van der Waals surface area contributed by atoms with E-state index in [1.54, 1.807) is 0 Å². The maximum atomic E-state index is 2.23. The molecule has 4 aromatic carbocycles. The normalized spacial score (nSPS) is 14.5. The Kier molecular flexibility index (Phi) is 11.2. The van der Waals surface area contributed by atoms with Crippen molar-refractivity contribution in [1.29, 1.82) is 0 Å². The van der Waals surface area contributed by atoms with Crippen LogP contribution in [0.3, 0.4) is 0 Å². The van der Waals surface area contributed by atoms with Crippen molar-refractivity contribution in [3.63, 3.8) is 0 Å². The zero-order valence-electron chi connectivity index (χ0n) is 23.9. The summed E-state index contributed by atoms with van der Waals surface area (Å²) in [6.45, 7) is 4.24. The van der Waals surface area contributed by atoms with Gasteiger partial charge in [0.05, 0.1) is 0 Å². The van der Waals surface area contributed by atoms with Crippen LogP contribution in [0.1, 0.15) is 0 Å². The molecular formula is C34H36MoN4P2. The molecule has 4 aromatic rings. The molecule has 0 radical (unpaired) electrons. The molecule has 208 valence electrons. The van der Waals surface area contributed by atoms with Gasteiger partial charge in [-0.2, -0.15) is 13.3 Å². The second-order valence-electron chi connectivity index (χ2n) is 9.77. The van der Waals surface area contributed by atoms with Crippen molar-refractivity contribution in [2.24, 2.45) is 0 Å². The van der Waals surface area contributed by atoms with E-state index >= 15 is 0 Å². The smallest absolute Gasteiger partial charge is 0.510 e. The molecule has 2 aliphatic rings. The molecule has 2 heterocycles. The molecule has 0 bridgehead atoms. The Morgan fingerprint density at radius 2 is 0.659 bits per heavy atom. The topological polar surface area (TPSA) is 13.0 Å². The summed E-state index contributed by atoms with van der Waals surface area (Å²) in [4.78, 5) is 8.70. The third kappa shape index (κ3) is 7.69. The number of hydrogen-bond acceptors (Lipinski definition) is 4. The van der Waals surface area contributed by atoms with E-state index < -0.39 is 15.8 Å². The van der Waals surface area contributed by atoms with E-state index in [1.165, 1.54) is 32.1 Å². The maximum Gasteiger partial charge on any atom is 2.00 e. The van der Waals surface area contributed by atoms with Crippen LogP contribution < -0.4 is 21.2 Å². The molecule has 2 aliphatic heterocycles. The predicted octanol–water partition coefficient (Wildman–Crippen LogP) is 5.83. The van der Waals surface area contributed by atoms with Crippen molar-refractivity contribution in [3.05, 3.63) is 158 Å². The molecule has 0 fully saturated rings. The molecule has 4 nitrogen and oxygen atoms in total. The molecule has 0 atom stereocenters. The van der Waals surface area contributed by atoms with E-state index in [4.69, 9.17) is 0 Å². The van der Waals surface area contributed by atoms with E-state index in [-0.39, 0.29) is 21.1 Å². The van der Waals surface area contributed by atoms with Gasteiger partial charge in [-0.15, -0.1) is 0 Å². The first kappa shape index (κ1) is 31.1. The third-order valence-corrected chi connectivity index (χ3v) is 11.6. The predicted molar refractivity (Wildman–Crippen MR) is 174 cm³/mol. The maximum absolute atomic E-state index is 2.23. The van der Waals surface area contributed by atoms with Crippen LogP contribution in [0.5, 0.6) is 0 Å². The largest absolute Gasteiger partial charge is 2.00 e. The van der Waals surface area contributed by atoms with E-state index in [9.17, 15) is 0 Å². The molecular weight excluding hydrogens is 622 g/mol. The Bertz CT molecular complexity index is 1230. The van der Waals surface area contributed by atoms with Gasteiger partial charge < -0.3 is 19.6 Å². The summed E-state index contributed by atoms with van der Waals surface area (Å²) in [6, 6.07) is 43.1. The van der Waals surface area contributed by atoms with Gasteiger partial charge in [-0.3, -0.25) is 0 Å². The van der Waals surface area contributed by atoms with Gasteiger partial charge >= 0.3 is 21.1 Å². The summed E-state index contributed by atoms with van der Waals surface area (Å²) in [5, 5.41) is 5.54. The van der Waals surface area contributed by atoms with Gasteiger partial charge in [0.1, 0.15) is 0 Å². The first-order chi connectivity index (χ1) is 19.5. The van der Waals surface area contributed by atoms with Crippen LogP contribution in [-0.4, -0.2) is 47.8 Å². The van der Waals surface area contributed by atoms with Gasteiger partial charge in [0.15, 0.2) is 0 Å². The van der Waals surface area contributed by atoms with Crippen molar-refractivity contribution < 1.29 is 21.1 Å². The van der Waals surface area contributed by atoms with E-state index in [1.807, 2.05) is 0 Å². The Morgan fingerprint density at radius 1 is 0.415 bits per heavy atom. The summed E-state index contributed by atoms with van der Waals surface area (Å²) in [7, 11) is 7.39. The minimum Gasteiger partial charge on any atom is -0.510 e. The molecule has 0 spiro atoms. The Labute approximate surface area is 262 Å². The quantitative estimate of drug-likeness (QED) is 0.147. The van der Waals surface area contributed by atoms with E-state index in [2.05, 4.69) is 195 Å². The SMILES string of the molecule is CN1C=C(P(c2ccccc2)c2ccccc2)N(C)[CH-]1.CN1C=C(P(c2ccccc2)c2ccccc2)N(C)[CH-]1.[Mo+2]. The summed E-state index contributed by atoms with van der Waals surface area (Å²) < 4.78 is 0.